The van der Waals surface area contributed by atoms with Crippen molar-refractivity contribution in [2.24, 2.45) is 0 Å². The summed E-state index contributed by atoms with van der Waals surface area (Å²) in [5, 5.41) is 7.44. The van der Waals surface area contributed by atoms with Gasteiger partial charge < -0.3 is 5.11 Å². The van der Waals surface area contributed by atoms with Gasteiger partial charge in [0.2, 0.25) is 0 Å². The Morgan fingerprint density at radius 3 is 1.25 bits per heavy atom. The molecule has 121 valence electrons. The van der Waals surface area contributed by atoms with Crippen molar-refractivity contribution in [1.29, 1.82) is 0 Å². The summed E-state index contributed by atoms with van der Waals surface area (Å²) in [5.41, 5.74) is 0. The van der Waals surface area contributed by atoms with Crippen molar-refractivity contribution in [3.05, 3.63) is 6.92 Å². The Hall–Kier alpha value is 0.1000. The molecule has 20 heavy (non-hydrogen) atoms. The van der Waals surface area contributed by atoms with E-state index in [0.717, 1.165) is 28.4 Å². The first-order valence-corrected chi connectivity index (χ1v) is 8.00. The van der Waals surface area contributed by atoms with Crippen LogP contribution in [0, 0.1) is 6.92 Å². The molecule has 0 amide bonds. The van der Waals surface area contributed by atoms with Crippen LogP contribution in [0.15, 0.2) is 0 Å². The van der Waals surface area contributed by atoms with Crippen molar-refractivity contribution < 1.29 is 52.5 Å². The Morgan fingerprint density at radius 2 is 1.10 bits per heavy atom. The first-order valence-electron chi connectivity index (χ1n) is 4.92. The molecule has 11 nitrogen and oxygen atoms in total. The third kappa shape index (κ3) is 3.85. The van der Waals surface area contributed by atoms with Crippen LogP contribution in [-0.2, 0) is 47.4 Å². The fraction of sp³-hybridized carbons (Fsp3) is 0.857. The second-order valence-corrected chi connectivity index (χ2v) is 7.40. The fourth-order valence-corrected chi connectivity index (χ4v) is 4.54. The minimum Gasteiger partial charge on any atom is -0.367 e. The van der Waals surface area contributed by atoms with Crippen molar-refractivity contribution in [3.8, 4) is 0 Å². The van der Waals surface area contributed by atoms with Crippen LogP contribution >= 0.6 is 15.2 Å². The van der Waals surface area contributed by atoms with E-state index in [1.165, 1.54) is 0 Å². The summed E-state index contributed by atoms with van der Waals surface area (Å²) in [6.07, 6.45) is -0.721. The molecule has 0 saturated heterocycles. The molecule has 13 heteroatoms. The van der Waals surface area contributed by atoms with Crippen LogP contribution in [0.3, 0.4) is 0 Å². The van der Waals surface area contributed by atoms with E-state index in [2.05, 4.69) is 45.2 Å². The Balaban J connectivity index is 5.83. The number of hydrogen-bond donors (Lipinski definition) is 1. The van der Waals surface area contributed by atoms with Gasteiger partial charge in [-0.05, 0) is 6.92 Å². The molecule has 0 atom stereocenters. The van der Waals surface area contributed by atoms with E-state index in [1.54, 1.807) is 0 Å². The standard InChI is InChI=1S/C7H17O11P2/c1-6-7(8,19(9,15-11-2)16-12-3)20(10,17-13-4)18-14-5/h8H,1,6H2,2-5H3. The van der Waals surface area contributed by atoms with E-state index in [-0.39, 0.29) is 0 Å². The SMILES string of the molecule is [CH2]CC(O)(P(=O)(OOC)OOC)P(=O)(OOC)OOC. The van der Waals surface area contributed by atoms with Gasteiger partial charge in [-0.2, -0.15) is 0 Å². The molecule has 0 spiro atoms. The van der Waals surface area contributed by atoms with Gasteiger partial charge >= 0.3 is 15.2 Å². The third-order valence-electron chi connectivity index (χ3n) is 1.90. The minimum atomic E-state index is -4.75. The maximum Gasteiger partial charge on any atom is 0.428 e. The van der Waals surface area contributed by atoms with Gasteiger partial charge in [-0.3, -0.25) is 9.13 Å². The zero-order valence-corrected chi connectivity index (χ0v) is 13.1. The molecule has 0 aromatic rings. The summed E-state index contributed by atoms with van der Waals surface area (Å²) >= 11 is 0. The first kappa shape index (κ1) is 20.1. The Kier molecular flexibility index (Phi) is 8.56. The van der Waals surface area contributed by atoms with Crippen LogP contribution in [0.1, 0.15) is 6.42 Å². The van der Waals surface area contributed by atoms with Gasteiger partial charge in [-0.1, -0.05) is 0 Å². The lowest BCUT2D eigenvalue weighted by atomic mass is 10.5. The molecule has 0 bridgehead atoms. The van der Waals surface area contributed by atoms with Crippen LogP contribution in [0.5, 0.6) is 0 Å². The maximum atomic E-state index is 12.4. The Labute approximate surface area is 115 Å². The average molecular weight is 339 g/mol. The highest BCUT2D eigenvalue weighted by Crippen LogP contribution is 2.77. The predicted octanol–water partition coefficient (Wildman–Crippen LogP) is 1.55. The van der Waals surface area contributed by atoms with Crippen molar-refractivity contribution in [2.45, 2.75) is 11.5 Å². The zero-order valence-electron chi connectivity index (χ0n) is 11.3. The van der Waals surface area contributed by atoms with E-state index in [4.69, 9.17) is 0 Å². The first-order chi connectivity index (χ1) is 9.30. The monoisotopic (exact) mass is 339 g/mol. The molecule has 0 aliphatic carbocycles. The molecule has 0 unspecified atom stereocenters. The topological polar surface area (TPSA) is 128 Å². The van der Waals surface area contributed by atoms with Gasteiger partial charge in [0.1, 0.15) is 0 Å². The lowest BCUT2D eigenvalue weighted by Crippen LogP contribution is -2.32. The summed E-state index contributed by atoms with van der Waals surface area (Å²) in [7, 11) is -5.63. The Morgan fingerprint density at radius 1 is 0.850 bits per heavy atom. The average Bonchev–Trinajstić information content (AvgIpc) is 2.38. The lowest BCUT2D eigenvalue weighted by Gasteiger charge is -2.33. The molecular formula is C7H17O11P2. The van der Waals surface area contributed by atoms with Gasteiger partial charge in [-0.15, -0.1) is 18.7 Å². The van der Waals surface area contributed by atoms with Crippen LogP contribution in [0.2, 0.25) is 0 Å². The molecule has 1 N–H and O–H groups in total. The van der Waals surface area contributed by atoms with Crippen molar-refractivity contribution in [1.82, 2.24) is 0 Å². The maximum absolute atomic E-state index is 12.4. The highest BCUT2D eigenvalue weighted by atomic mass is 31.2. The summed E-state index contributed by atoms with van der Waals surface area (Å²) in [6, 6.07) is 0. The second-order valence-electron chi connectivity index (χ2n) is 2.98. The molecule has 0 aromatic heterocycles. The lowest BCUT2D eigenvalue weighted by molar-refractivity contribution is -0.263. The molecule has 0 rings (SSSR count). The van der Waals surface area contributed by atoms with Crippen molar-refractivity contribution in [3.63, 3.8) is 0 Å². The summed E-state index contributed by atoms with van der Waals surface area (Å²) in [4.78, 5) is 16.8. The van der Waals surface area contributed by atoms with E-state index in [0.29, 0.717) is 0 Å². The fourth-order valence-electron chi connectivity index (χ4n) is 1.08. The van der Waals surface area contributed by atoms with E-state index < -0.39 is 26.7 Å². The van der Waals surface area contributed by atoms with Gasteiger partial charge in [-0.25, -0.2) is 19.6 Å². The molecule has 0 fully saturated rings. The highest BCUT2D eigenvalue weighted by Gasteiger charge is 2.67. The summed E-state index contributed by atoms with van der Waals surface area (Å²) < 4.78 is 42.2. The van der Waals surface area contributed by atoms with Crippen LogP contribution in [-0.4, -0.2) is 38.6 Å². The molecule has 0 aliphatic heterocycles. The molecule has 0 aliphatic rings. The zero-order chi connectivity index (χ0) is 15.9. The van der Waals surface area contributed by atoms with Gasteiger partial charge in [0.15, 0.2) is 0 Å². The van der Waals surface area contributed by atoms with E-state index >= 15 is 0 Å². The molecule has 0 saturated carbocycles. The van der Waals surface area contributed by atoms with Crippen molar-refractivity contribution >= 4 is 15.2 Å². The largest absolute Gasteiger partial charge is 0.428 e. The number of rotatable bonds is 11. The molecular weight excluding hydrogens is 322 g/mol. The van der Waals surface area contributed by atoms with Crippen LogP contribution < -0.4 is 0 Å². The van der Waals surface area contributed by atoms with Gasteiger partial charge in [0, 0.05) is 6.42 Å². The predicted molar refractivity (Wildman–Crippen MR) is 62.5 cm³/mol. The van der Waals surface area contributed by atoms with E-state index in [9.17, 15) is 14.2 Å². The van der Waals surface area contributed by atoms with Crippen molar-refractivity contribution in [2.75, 3.05) is 28.4 Å². The second kappa shape index (κ2) is 8.52. The van der Waals surface area contributed by atoms with Gasteiger partial charge in [0.25, 0.3) is 5.08 Å². The quantitative estimate of drug-likeness (QED) is 0.334. The smallest absolute Gasteiger partial charge is 0.367 e. The van der Waals surface area contributed by atoms with Gasteiger partial charge in [0.05, 0.1) is 28.4 Å². The molecule has 0 heterocycles. The third-order valence-corrected chi connectivity index (χ3v) is 6.96. The number of hydrogen-bond acceptors (Lipinski definition) is 11. The minimum absolute atomic E-state index is 0.721. The normalized spacial score (nSPS) is 13.7. The molecule has 1 radical (unpaired) electrons. The summed E-state index contributed by atoms with van der Waals surface area (Å²) in [5.74, 6) is 0. The van der Waals surface area contributed by atoms with Crippen LogP contribution in [0.4, 0.5) is 0 Å². The summed E-state index contributed by atoms with van der Waals surface area (Å²) in [6.45, 7) is 3.28. The van der Waals surface area contributed by atoms with Crippen LogP contribution in [0.25, 0.3) is 0 Å². The molecule has 0 aromatic carbocycles. The Bertz CT molecular complexity index is 322. The van der Waals surface area contributed by atoms with E-state index in [1.807, 2.05) is 0 Å². The highest BCUT2D eigenvalue weighted by molar-refractivity contribution is 7.73. The number of aliphatic hydroxyl groups is 1.